The van der Waals surface area contributed by atoms with E-state index in [-0.39, 0.29) is 5.91 Å². The smallest absolute Gasteiger partial charge is 0.253 e. The van der Waals surface area contributed by atoms with Crippen molar-refractivity contribution in [2.24, 2.45) is 13.0 Å². The highest BCUT2D eigenvalue weighted by Crippen LogP contribution is 2.36. The van der Waals surface area contributed by atoms with Gasteiger partial charge in [0.15, 0.2) is 0 Å². The van der Waals surface area contributed by atoms with Crippen LogP contribution in [0.2, 0.25) is 5.02 Å². The van der Waals surface area contributed by atoms with Crippen LogP contribution >= 0.6 is 11.6 Å². The molecule has 0 unspecified atom stereocenters. The van der Waals surface area contributed by atoms with Gasteiger partial charge in [0.05, 0.1) is 28.1 Å². The third kappa shape index (κ3) is 3.96. The maximum absolute atomic E-state index is 12.2. The van der Waals surface area contributed by atoms with E-state index >= 15 is 0 Å². The summed E-state index contributed by atoms with van der Waals surface area (Å²) < 4.78 is 4.20. The molecule has 164 valence electrons. The van der Waals surface area contributed by atoms with Crippen LogP contribution in [0.4, 0.5) is 11.5 Å². The molecule has 0 atom stereocenters. The van der Waals surface area contributed by atoms with Crippen LogP contribution in [-0.2, 0) is 13.6 Å². The molecule has 32 heavy (non-hydrogen) atoms. The van der Waals surface area contributed by atoms with E-state index in [9.17, 15) is 4.79 Å². The molecule has 1 aliphatic rings. The average molecular weight is 449 g/mol. The van der Waals surface area contributed by atoms with Crippen molar-refractivity contribution in [3.8, 4) is 11.3 Å². The SMILES string of the molecule is CN(C)C(=O)c1ccc(Nc2cc3c(cn2)cc(-c2cnn(C)c2)n3CC2CC2)c(Cl)c1. The van der Waals surface area contributed by atoms with E-state index < -0.39 is 0 Å². The summed E-state index contributed by atoms with van der Waals surface area (Å²) in [5.41, 5.74) is 4.64. The van der Waals surface area contributed by atoms with Crippen LogP contribution in [0.1, 0.15) is 23.2 Å². The number of hydrogen-bond donors (Lipinski definition) is 1. The molecule has 1 amide bonds. The molecule has 0 aliphatic heterocycles. The molecule has 1 N–H and O–H groups in total. The quantitative estimate of drug-likeness (QED) is 0.453. The molecular weight excluding hydrogens is 424 g/mol. The molecule has 1 fully saturated rings. The summed E-state index contributed by atoms with van der Waals surface area (Å²) in [6.07, 6.45) is 8.38. The zero-order valence-corrected chi connectivity index (χ0v) is 19.1. The van der Waals surface area contributed by atoms with E-state index in [0.29, 0.717) is 22.1 Å². The summed E-state index contributed by atoms with van der Waals surface area (Å²) in [5, 5.41) is 9.22. The Kier molecular flexibility index (Phi) is 5.13. The summed E-state index contributed by atoms with van der Waals surface area (Å²) in [6.45, 7) is 0.985. The molecule has 4 aromatic rings. The highest BCUT2D eigenvalue weighted by Gasteiger charge is 2.24. The number of amides is 1. The molecule has 0 bridgehead atoms. The van der Waals surface area contributed by atoms with Gasteiger partial charge in [-0.25, -0.2) is 4.98 Å². The van der Waals surface area contributed by atoms with Crippen molar-refractivity contribution in [3.63, 3.8) is 0 Å². The van der Waals surface area contributed by atoms with Gasteiger partial charge in [0, 0.05) is 62.7 Å². The number of carbonyl (C=O) groups excluding carboxylic acids is 1. The van der Waals surface area contributed by atoms with Crippen LogP contribution in [0.15, 0.2) is 48.9 Å². The van der Waals surface area contributed by atoms with Crippen molar-refractivity contribution in [3.05, 3.63) is 59.5 Å². The Labute approximate surface area is 191 Å². The maximum atomic E-state index is 12.2. The number of benzene rings is 1. The Morgan fingerprint density at radius 2 is 2.03 bits per heavy atom. The molecule has 0 spiro atoms. The van der Waals surface area contributed by atoms with Gasteiger partial charge in [-0.2, -0.15) is 5.10 Å². The van der Waals surface area contributed by atoms with Crippen molar-refractivity contribution in [2.75, 3.05) is 19.4 Å². The largest absolute Gasteiger partial charge is 0.345 e. The predicted octanol–water partition coefficient (Wildman–Crippen LogP) is 4.95. The number of halogens is 1. The minimum atomic E-state index is -0.0844. The zero-order chi connectivity index (χ0) is 22.4. The van der Waals surface area contributed by atoms with E-state index in [1.807, 2.05) is 36.4 Å². The van der Waals surface area contributed by atoms with E-state index in [1.165, 1.54) is 17.7 Å². The number of fused-ring (bicyclic) bond motifs is 1. The number of nitrogens with zero attached hydrogens (tertiary/aromatic N) is 5. The first-order valence-corrected chi connectivity index (χ1v) is 11.0. The van der Waals surface area contributed by atoms with Crippen molar-refractivity contribution in [1.29, 1.82) is 0 Å². The van der Waals surface area contributed by atoms with Crippen molar-refractivity contribution >= 4 is 39.9 Å². The van der Waals surface area contributed by atoms with Gasteiger partial charge < -0.3 is 14.8 Å². The van der Waals surface area contributed by atoms with Gasteiger partial charge in [-0.3, -0.25) is 9.48 Å². The fourth-order valence-electron chi connectivity index (χ4n) is 3.92. The summed E-state index contributed by atoms with van der Waals surface area (Å²) in [6, 6.07) is 9.51. The average Bonchev–Trinajstić information content (AvgIpc) is 3.38. The van der Waals surface area contributed by atoms with Crippen LogP contribution in [0, 0.1) is 5.92 Å². The van der Waals surface area contributed by atoms with Gasteiger partial charge in [0.1, 0.15) is 5.82 Å². The second-order valence-corrected chi connectivity index (χ2v) is 9.04. The molecule has 1 aliphatic carbocycles. The number of hydrogen-bond acceptors (Lipinski definition) is 4. The summed E-state index contributed by atoms with van der Waals surface area (Å²) in [4.78, 5) is 18.3. The number of pyridine rings is 1. The van der Waals surface area contributed by atoms with Gasteiger partial charge in [0.25, 0.3) is 5.91 Å². The Bertz CT molecular complexity index is 1320. The molecular formula is C24H25ClN6O. The van der Waals surface area contributed by atoms with Crippen LogP contribution in [0.5, 0.6) is 0 Å². The Hall–Kier alpha value is -3.32. The monoisotopic (exact) mass is 448 g/mol. The molecule has 7 nitrogen and oxygen atoms in total. The number of aromatic nitrogens is 4. The van der Waals surface area contributed by atoms with Gasteiger partial charge in [0.2, 0.25) is 0 Å². The number of aryl methyl sites for hydroxylation is 1. The first-order valence-electron chi connectivity index (χ1n) is 10.7. The van der Waals surface area contributed by atoms with Gasteiger partial charge in [-0.15, -0.1) is 0 Å². The fraction of sp³-hybridized carbons (Fsp3) is 0.292. The number of anilines is 2. The standard InChI is InChI=1S/C24H25ClN6O/c1-29(2)24(32)16-6-7-20(19(25)8-16)28-23-10-22-17(11-26-23)9-21(18-12-27-30(3)14-18)31(22)13-15-4-5-15/h6-12,14-15H,4-5,13H2,1-3H3,(H,26,28). The third-order valence-electron chi connectivity index (χ3n) is 5.81. The van der Waals surface area contributed by atoms with Crippen LogP contribution in [-0.4, -0.2) is 44.2 Å². The van der Waals surface area contributed by atoms with Crippen molar-refractivity contribution < 1.29 is 4.79 Å². The Morgan fingerprint density at radius 1 is 1.22 bits per heavy atom. The van der Waals surface area contributed by atoms with E-state index in [2.05, 4.69) is 32.1 Å². The lowest BCUT2D eigenvalue weighted by Gasteiger charge is -2.13. The molecule has 1 aromatic carbocycles. The second kappa shape index (κ2) is 7.98. The molecule has 8 heteroatoms. The number of rotatable bonds is 6. The van der Waals surface area contributed by atoms with E-state index in [4.69, 9.17) is 11.6 Å². The normalized spacial score (nSPS) is 13.5. The van der Waals surface area contributed by atoms with Crippen LogP contribution < -0.4 is 5.32 Å². The first-order chi connectivity index (χ1) is 15.4. The minimum absolute atomic E-state index is 0.0844. The highest BCUT2D eigenvalue weighted by atomic mass is 35.5. The molecule has 3 aromatic heterocycles. The molecule has 0 saturated heterocycles. The molecule has 5 rings (SSSR count). The second-order valence-electron chi connectivity index (χ2n) is 8.63. The summed E-state index contributed by atoms with van der Waals surface area (Å²) >= 11 is 6.47. The zero-order valence-electron chi connectivity index (χ0n) is 18.3. The number of nitrogens with one attached hydrogen (secondary N) is 1. The highest BCUT2D eigenvalue weighted by molar-refractivity contribution is 6.33. The van der Waals surface area contributed by atoms with Crippen LogP contribution in [0.25, 0.3) is 22.2 Å². The lowest BCUT2D eigenvalue weighted by Crippen LogP contribution is -2.21. The van der Waals surface area contributed by atoms with Gasteiger partial charge in [-0.05, 0) is 43.0 Å². The molecule has 0 radical (unpaired) electrons. The lowest BCUT2D eigenvalue weighted by atomic mass is 10.2. The predicted molar refractivity (Wildman–Crippen MR) is 127 cm³/mol. The topological polar surface area (TPSA) is 68.0 Å². The van der Waals surface area contributed by atoms with Crippen LogP contribution in [0.3, 0.4) is 0 Å². The minimum Gasteiger partial charge on any atom is -0.345 e. The Morgan fingerprint density at radius 3 is 2.69 bits per heavy atom. The molecule has 3 heterocycles. The lowest BCUT2D eigenvalue weighted by molar-refractivity contribution is 0.0827. The van der Waals surface area contributed by atoms with E-state index in [1.54, 1.807) is 26.2 Å². The number of carbonyl (C=O) groups is 1. The van der Waals surface area contributed by atoms with Gasteiger partial charge in [-0.1, -0.05) is 11.6 Å². The van der Waals surface area contributed by atoms with Crippen molar-refractivity contribution in [1.82, 2.24) is 24.2 Å². The molecule has 1 saturated carbocycles. The fourth-order valence-corrected chi connectivity index (χ4v) is 4.15. The summed E-state index contributed by atoms with van der Waals surface area (Å²) in [5.74, 6) is 1.35. The maximum Gasteiger partial charge on any atom is 0.253 e. The first kappa shape index (κ1) is 20.6. The van der Waals surface area contributed by atoms with Gasteiger partial charge >= 0.3 is 0 Å². The Balaban J connectivity index is 1.50. The van der Waals surface area contributed by atoms with E-state index in [0.717, 1.165) is 34.6 Å². The van der Waals surface area contributed by atoms with Crippen molar-refractivity contribution in [2.45, 2.75) is 19.4 Å². The summed E-state index contributed by atoms with van der Waals surface area (Å²) in [7, 11) is 5.37. The third-order valence-corrected chi connectivity index (χ3v) is 6.12.